The van der Waals surface area contributed by atoms with Gasteiger partial charge in [0.1, 0.15) is 17.5 Å². The molecule has 1 fully saturated rings. The first-order valence-electron chi connectivity index (χ1n) is 9.08. The summed E-state index contributed by atoms with van der Waals surface area (Å²) in [5, 5.41) is 23.9. The summed E-state index contributed by atoms with van der Waals surface area (Å²) < 4.78 is 5.71. The minimum atomic E-state index is -1.07. The summed E-state index contributed by atoms with van der Waals surface area (Å²) in [4.78, 5) is 23.7. The first-order valence-corrected chi connectivity index (χ1v) is 9.08. The Labute approximate surface area is 162 Å². The largest absolute Gasteiger partial charge is 0.480 e. The van der Waals surface area contributed by atoms with Crippen molar-refractivity contribution in [1.29, 1.82) is 5.26 Å². The van der Waals surface area contributed by atoms with Crippen LogP contribution in [0.1, 0.15) is 24.0 Å². The van der Waals surface area contributed by atoms with E-state index in [4.69, 9.17) is 10.00 Å². The highest BCUT2D eigenvalue weighted by atomic mass is 16.5. The lowest BCUT2D eigenvalue weighted by atomic mass is 10.1. The number of carboxylic acid groups (broad SMARTS) is 1. The summed E-state index contributed by atoms with van der Waals surface area (Å²) in [6.45, 7) is 0.774. The van der Waals surface area contributed by atoms with E-state index in [-0.39, 0.29) is 18.4 Å². The van der Waals surface area contributed by atoms with Crippen LogP contribution in [0.5, 0.6) is 11.5 Å². The molecule has 2 aromatic carbocycles. The van der Waals surface area contributed by atoms with Gasteiger partial charge in [-0.15, -0.1) is 0 Å². The minimum Gasteiger partial charge on any atom is -0.480 e. The van der Waals surface area contributed by atoms with Crippen LogP contribution in [0.4, 0.5) is 0 Å². The zero-order valence-corrected chi connectivity index (χ0v) is 15.2. The van der Waals surface area contributed by atoms with Crippen LogP contribution >= 0.6 is 0 Å². The van der Waals surface area contributed by atoms with E-state index in [9.17, 15) is 14.7 Å². The Morgan fingerprint density at radius 2 is 1.82 bits per heavy atom. The molecule has 1 aliphatic rings. The summed E-state index contributed by atoms with van der Waals surface area (Å²) in [5.41, 5.74) is 1.33. The second-order valence-corrected chi connectivity index (χ2v) is 6.63. The molecule has 1 aliphatic heterocycles. The molecule has 7 nitrogen and oxygen atoms in total. The maximum absolute atomic E-state index is 12.2. The maximum Gasteiger partial charge on any atom is 0.326 e. The highest BCUT2D eigenvalue weighted by Gasteiger charge is 2.27. The predicted octanol–water partition coefficient (Wildman–Crippen LogP) is 2.21. The van der Waals surface area contributed by atoms with Crippen LogP contribution in [-0.4, -0.2) is 35.6 Å². The number of aliphatic carboxylic acids is 1. The van der Waals surface area contributed by atoms with E-state index >= 15 is 0 Å². The summed E-state index contributed by atoms with van der Waals surface area (Å²) in [6, 6.07) is 14.5. The van der Waals surface area contributed by atoms with Gasteiger partial charge in [-0.05, 0) is 61.3 Å². The number of rotatable bonds is 7. The molecule has 3 N–H and O–H groups in total. The van der Waals surface area contributed by atoms with Crippen molar-refractivity contribution in [2.45, 2.75) is 31.3 Å². The number of hydrogen-bond donors (Lipinski definition) is 3. The Hall–Kier alpha value is -3.37. The molecule has 0 spiro atoms. The lowest BCUT2D eigenvalue weighted by molar-refractivity contribution is -0.142. The molecule has 0 saturated carbocycles. The Bertz CT molecular complexity index is 866. The molecule has 0 aromatic heterocycles. The zero-order chi connectivity index (χ0) is 19.9. The van der Waals surface area contributed by atoms with Gasteiger partial charge in [0.05, 0.1) is 17.7 Å². The Morgan fingerprint density at radius 3 is 2.36 bits per heavy atom. The van der Waals surface area contributed by atoms with Crippen molar-refractivity contribution in [3.8, 4) is 17.6 Å². The third-order valence-electron chi connectivity index (χ3n) is 4.57. The molecular weight excluding hydrogens is 358 g/mol. The fourth-order valence-electron chi connectivity index (χ4n) is 3.04. The van der Waals surface area contributed by atoms with Gasteiger partial charge < -0.3 is 20.5 Å². The quantitative estimate of drug-likeness (QED) is 0.680. The van der Waals surface area contributed by atoms with Gasteiger partial charge in [-0.2, -0.15) is 5.26 Å². The normalized spacial score (nSPS) is 16.8. The summed E-state index contributed by atoms with van der Waals surface area (Å²) >= 11 is 0. The second-order valence-electron chi connectivity index (χ2n) is 6.63. The molecule has 28 heavy (non-hydrogen) atoms. The molecule has 2 atom stereocenters. The standard InChI is InChI=1S/C21H21N3O4/c22-13-15-5-9-17(10-6-15)28-16-7-3-14(4-8-16)12-19(21(26)27)24-20(25)18-2-1-11-23-18/h3-10,18-19,23H,1-2,11-12H2,(H,24,25)(H,26,27). The molecule has 1 heterocycles. The lowest BCUT2D eigenvalue weighted by Gasteiger charge is -2.18. The number of carboxylic acids is 1. The Kier molecular flexibility index (Phi) is 6.25. The molecule has 2 aromatic rings. The molecule has 1 saturated heterocycles. The fraction of sp³-hybridized carbons (Fsp3) is 0.286. The highest BCUT2D eigenvalue weighted by Crippen LogP contribution is 2.22. The van der Waals surface area contributed by atoms with Crippen LogP contribution in [-0.2, 0) is 16.0 Å². The van der Waals surface area contributed by atoms with Crippen LogP contribution < -0.4 is 15.4 Å². The summed E-state index contributed by atoms with van der Waals surface area (Å²) in [5.74, 6) is -0.138. The second kappa shape index (κ2) is 9.02. The first-order chi connectivity index (χ1) is 13.5. The van der Waals surface area contributed by atoms with Gasteiger partial charge in [-0.3, -0.25) is 4.79 Å². The third kappa shape index (κ3) is 5.09. The van der Waals surface area contributed by atoms with Crippen molar-refractivity contribution in [1.82, 2.24) is 10.6 Å². The molecule has 144 valence electrons. The van der Waals surface area contributed by atoms with E-state index in [2.05, 4.69) is 10.6 Å². The first kappa shape index (κ1) is 19.4. The number of carbonyl (C=O) groups excluding carboxylic acids is 1. The van der Waals surface area contributed by atoms with Crippen molar-refractivity contribution in [2.24, 2.45) is 0 Å². The number of nitrogens with zero attached hydrogens (tertiary/aromatic N) is 1. The van der Waals surface area contributed by atoms with Crippen LogP contribution in [0.15, 0.2) is 48.5 Å². The molecular formula is C21H21N3O4. The van der Waals surface area contributed by atoms with Gasteiger partial charge in [0.25, 0.3) is 0 Å². The van der Waals surface area contributed by atoms with E-state index in [1.54, 1.807) is 48.5 Å². The molecule has 1 amide bonds. The highest BCUT2D eigenvalue weighted by molar-refractivity contribution is 5.87. The van der Waals surface area contributed by atoms with Crippen LogP contribution in [0, 0.1) is 11.3 Å². The number of nitriles is 1. The van der Waals surface area contributed by atoms with E-state index in [0.29, 0.717) is 17.1 Å². The Balaban J connectivity index is 1.60. The molecule has 2 unspecified atom stereocenters. The monoisotopic (exact) mass is 379 g/mol. The van der Waals surface area contributed by atoms with Crippen molar-refractivity contribution < 1.29 is 19.4 Å². The SMILES string of the molecule is N#Cc1ccc(Oc2ccc(CC(NC(=O)C3CCCN3)C(=O)O)cc2)cc1. The number of benzene rings is 2. The molecule has 0 bridgehead atoms. The molecule has 3 rings (SSSR count). The maximum atomic E-state index is 12.2. The Morgan fingerprint density at radius 1 is 1.18 bits per heavy atom. The van der Waals surface area contributed by atoms with E-state index in [1.807, 2.05) is 6.07 Å². The zero-order valence-electron chi connectivity index (χ0n) is 15.2. The predicted molar refractivity (Wildman–Crippen MR) is 102 cm³/mol. The number of amides is 1. The van der Waals surface area contributed by atoms with E-state index in [1.165, 1.54) is 0 Å². The van der Waals surface area contributed by atoms with Gasteiger partial charge in [-0.1, -0.05) is 12.1 Å². The number of hydrogen-bond acceptors (Lipinski definition) is 5. The fourth-order valence-corrected chi connectivity index (χ4v) is 3.04. The van der Waals surface area contributed by atoms with E-state index in [0.717, 1.165) is 24.9 Å². The van der Waals surface area contributed by atoms with Crippen LogP contribution in [0.25, 0.3) is 0 Å². The van der Waals surface area contributed by atoms with Gasteiger partial charge >= 0.3 is 5.97 Å². The molecule has 7 heteroatoms. The van der Waals surface area contributed by atoms with Gasteiger partial charge in [0.15, 0.2) is 0 Å². The van der Waals surface area contributed by atoms with Crippen molar-refractivity contribution in [3.05, 3.63) is 59.7 Å². The van der Waals surface area contributed by atoms with Gasteiger partial charge in [0, 0.05) is 6.42 Å². The van der Waals surface area contributed by atoms with Crippen molar-refractivity contribution >= 4 is 11.9 Å². The van der Waals surface area contributed by atoms with Crippen LogP contribution in [0.3, 0.4) is 0 Å². The topological polar surface area (TPSA) is 111 Å². The average molecular weight is 379 g/mol. The van der Waals surface area contributed by atoms with Gasteiger partial charge in [-0.25, -0.2) is 4.79 Å². The van der Waals surface area contributed by atoms with Crippen molar-refractivity contribution in [3.63, 3.8) is 0 Å². The third-order valence-corrected chi connectivity index (χ3v) is 4.57. The smallest absolute Gasteiger partial charge is 0.326 e. The molecule has 0 radical (unpaired) electrons. The van der Waals surface area contributed by atoms with Crippen molar-refractivity contribution in [2.75, 3.05) is 6.54 Å². The van der Waals surface area contributed by atoms with Crippen LogP contribution in [0.2, 0.25) is 0 Å². The van der Waals surface area contributed by atoms with Gasteiger partial charge in [0.2, 0.25) is 5.91 Å². The van der Waals surface area contributed by atoms with E-state index < -0.39 is 12.0 Å². The molecule has 0 aliphatic carbocycles. The number of nitrogens with one attached hydrogen (secondary N) is 2. The summed E-state index contributed by atoms with van der Waals surface area (Å²) in [6.07, 6.45) is 1.82. The average Bonchev–Trinajstić information content (AvgIpc) is 3.24. The lowest BCUT2D eigenvalue weighted by Crippen LogP contribution is -2.49. The number of carbonyl (C=O) groups is 2. The minimum absolute atomic E-state index is 0.185. The summed E-state index contributed by atoms with van der Waals surface area (Å²) in [7, 11) is 0. The number of ether oxygens (including phenoxy) is 1.